The number of carbonyl (C=O) groups is 1. The predicted octanol–water partition coefficient (Wildman–Crippen LogP) is 1.99. The van der Waals surface area contributed by atoms with Crippen LogP contribution in [0.3, 0.4) is 0 Å². The van der Waals surface area contributed by atoms with Crippen LogP contribution in [0.15, 0.2) is 12.1 Å². The van der Waals surface area contributed by atoms with Crippen molar-refractivity contribution in [3.8, 4) is 0 Å². The van der Waals surface area contributed by atoms with Gasteiger partial charge in [0.15, 0.2) is 0 Å². The van der Waals surface area contributed by atoms with Gasteiger partial charge in [-0.15, -0.1) is 0 Å². The van der Waals surface area contributed by atoms with Crippen molar-refractivity contribution < 1.29 is 4.79 Å². The van der Waals surface area contributed by atoms with Crippen LogP contribution < -0.4 is 4.90 Å². The van der Waals surface area contributed by atoms with E-state index >= 15 is 0 Å². The predicted molar refractivity (Wildman–Crippen MR) is 67.3 cm³/mol. The van der Waals surface area contributed by atoms with Gasteiger partial charge < -0.3 is 9.69 Å². The largest absolute Gasteiger partial charge is 0.357 e. The molecule has 1 aromatic heterocycles. The fourth-order valence-electron chi connectivity index (χ4n) is 2.85. The third kappa shape index (κ3) is 2.06. The lowest BCUT2D eigenvalue weighted by Crippen LogP contribution is -2.34. The van der Waals surface area contributed by atoms with E-state index in [0.717, 1.165) is 44.5 Å². The van der Waals surface area contributed by atoms with E-state index in [2.05, 4.69) is 17.0 Å². The maximum Gasteiger partial charge on any atom is 0.128 e. The third-order valence-electron chi connectivity index (χ3n) is 3.97. The molecular formula is C14H18N2O. The lowest BCUT2D eigenvalue weighted by atomic mass is 9.98. The maximum absolute atomic E-state index is 10.7. The quantitative estimate of drug-likeness (QED) is 0.728. The van der Waals surface area contributed by atoms with Crippen LogP contribution in [0.4, 0.5) is 5.82 Å². The Bertz CT molecular complexity index is 422. The molecule has 3 nitrogen and oxygen atoms in total. The number of piperidine rings is 1. The summed E-state index contributed by atoms with van der Waals surface area (Å²) >= 11 is 0. The van der Waals surface area contributed by atoms with Crippen molar-refractivity contribution in [1.82, 2.24) is 4.98 Å². The van der Waals surface area contributed by atoms with E-state index in [9.17, 15) is 4.79 Å². The number of carbonyl (C=O) groups excluding carboxylic acids is 1. The number of anilines is 1. The topological polar surface area (TPSA) is 33.2 Å². The monoisotopic (exact) mass is 230 g/mol. The summed E-state index contributed by atoms with van der Waals surface area (Å²) in [6, 6.07) is 4.38. The lowest BCUT2D eigenvalue weighted by molar-refractivity contribution is -0.111. The van der Waals surface area contributed by atoms with Crippen molar-refractivity contribution in [2.75, 3.05) is 18.0 Å². The molecule has 0 saturated carbocycles. The first-order valence-corrected chi connectivity index (χ1v) is 6.56. The van der Waals surface area contributed by atoms with Crippen molar-refractivity contribution >= 4 is 12.1 Å². The second-order valence-corrected chi connectivity index (χ2v) is 5.09. The lowest BCUT2D eigenvalue weighted by Gasteiger charge is -2.30. The molecule has 0 bridgehead atoms. The number of nitrogens with zero attached hydrogens (tertiary/aromatic N) is 2. The van der Waals surface area contributed by atoms with E-state index in [-0.39, 0.29) is 5.92 Å². The summed E-state index contributed by atoms with van der Waals surface area (Å²) in [5.74, 6) is 1.37. The summed E-state index contributed by atoms with van der Waals surface area (Å²) < 4.78 is 0. The highest BCUT2D eigenvalue weighted by Gasteiger charge is 2.21. The Labute approximate surface area is 102 Å². The van der Waals surface area contributed by atoms with E-state index in [1.165, 1.54) is 24.1 Å². The molecule has 0 amide bonds. The fraction of sp³-hybridized carbons (Fsp3) is 0.571. The molecule has 1 aromatic rings. The van der Waals surface area contributed by atoms with Crippen LogP contribution >= 0.6 is 0 Å². The molecule has 3 heteroatoms. The molecule has 0 unspecified atom stereocenters. The average molecular weight is 230 g/mol. The highest BCUT2D eigenvalue weighted by Crippen LogP contribution is 2.25. The first-order chi connectivity index (χ1) is 8.36. The SMILES string of the molecule is O=CC1CCN(c2ccc3c(n2)CCC3)CC1. The van der Waals surface area contributed by atoms with Crippen molar-refractivity contribution in [3.05, 3.63) is 23.4 Å². The number of fused-ring (bicyclic) bond motifs is 1. The molecule has 1 saturated heterocycles. The van der Waals surface area contributed by atoms with Gasteiger partial charge in [0, 0.05) is 24.7 Å². The van der Waals surface area contributed by atoms with Crippen LogP contribution in [0.5, 0.6) is 0 Å². The number of aldehydes is 1. The van der Waals surface area contributed by atoms with Gasteiger partial charge in [0.1, 0.15) is 12.1 Å². The zero-order valence-electron chi connectivity index (χ0n) is 10.1. The van der Waals surface area contributed by atoms with Gasteiger partial charge >= 0.3 is 0 Å². The Morgan fingerprint density at radius 1 is 1.24 bits per heavy atom. The molecule has 2 aliphatic rings. The minimum atomic E-state index is 0.265. The number of rotatable bonds is 2. The summed E-state index contributed by atoms with van der Waals surface area (Å²) in [7, 11) is 0. The summed E-state index contributed by atoms with van der Waals surface area (Å²) in [5, 5.41) is 0. The molecule has 90 valence electrons. The summed E-state index contributed by atoms with van der Waals surface area (Å²) in [5.41, 5.74) is 2.72. The Morgan fingerprint density at radius 2 is 2.06 bits per heavy atom. The average Bonchev–Trinajstić information content (AvgIpc) is 2.86. The molecule has 0 atom stereocenters. The van der Waals surface area contributed by atoms with E-state index < -0.39 is 0 Å². The van der Waals surface area contributed by atoms with Gasteiger partial charge in [0.25, 0.3) is 0 Å². The van der Waals surface area contributed by atoms with E-state index in [4.69, 9.17) is 4.98 Å². The minimum Gasteiger partial charge on any atom is -0.357 e. The summed E-state index contributed by atoms with van der Waals surface area (Å²) in [6.07, 6.45) is 6.63. The number of aromatic nitrogens is 1. The van der Waals surface area contributed by atoms with Crippen LogP contribution in [0, 0.1) is 5.92 Å². The fourth-order valence-corrected chi connectivity index (χ4v) is 2.85. The summed E-state index contributed by atoms with van der Waals surface area (Å²) in [4.78, 5) is 17.8. The Hall–Kier alpha value is -1.38. The van der Waals surface area contributed by atoms with Crippen LogP contribution in [0.25, 0.3) is 0 Å². The maximum atomic E-state index is 10.7. The zero-order chi connectivity index (χ0) is 11.7. The van der Waals surface area contributed by atoms with Gasteiger partial charge in [-0.3, -0.25) is 0 Å². The van der Waals surface area contributed by atoms with Crippen LogP contribution in [-0.2, 0) is 17.6 Å². The van der Waals surface area contributed by atoms with E-state index in [1.54, 1.807) is 0 Å². The van der Waals surface area contributed by atoms with Gasteiger partial charge in [-0.2, -0.15) is 0 Å². The van der Waals surface area contributed by atoms with Crippen LogP contribution in [0.1, 0.15) is 30.5 Å². The van der Waals surface area contributed by atoms with Crippen molar-refractivity contribution in [1.29, 1.82) is 0 Å². The number of aryl methyl sites for hydroxylation is 2. The first kappa shape index (κ1) is 10.8. The molecule has 3 rings (SSSR count). The minimum absolute atomic E-state index is 0.265. The molecule has 0 radical (unpaired) electrons. The van der Waals surface area contributed by atoms with Gasteiger partial charge in [-0.1, -0.05) is 6.07 Å². The zero-order valence-corrected chi connectivity index (χ0v) is 10.1. The molecule has 0 N–H and O–H groups in total. The van der Waals surface area contributed by atoms with E-state index in [1.807, 2.05) is 0 Å². The van der Waals surface area contributed by atoms with Crippen LogP contribution in [-0.4, -0.2) is 24.4 Å². The molecule has 0 spiro atoms. The smallest absolute Gasteiger partial charge is 0.128 e. The van der Waals surface area contributed by atoms with Gasteiger partial charge in [-0.05, 0) is 43.7 Å². The number of hydrogen-bond donors (Lipinski definition) is 0. The highest BCUT2D eigenvalue weighted by atomic mass is 16.1. The van der Waals surface area contributed by atoms with E-state index in [0.29, 0.717) is 0 Å². The Kier molecular flexibility index (Phi) is 2.83. The Balaban J connectivity index is 1.74. The van der Waals surface area contributed by atoms with Gasteiger partial charge in [0.05, 0.1) is 0 Å². The summed E-state index contributed by atoms with van der Waals surface area (Å²) in [6.45, 7) is 1.93. The van der Waals surface area contributed by atoms with Crippen molar-refractivity contribution in [2.24, 2.45) is 5.92 Å². The number of pyridine rings is 1. The number of hydrogen-bond acceptors (Lipinski definition) is 3. The third-order valence-corrected chi connectivity index (χ3v) is 3.97. The molecule has 1 fully saturated rings. The van der Waals surface area contributed by atoms with Crippen LogP contribution in [0.2, 0.25) is 0 Å². The van der Waals surface area contributed by atoms with Crippen molar-refractivity contribution in [2.45, 2.75) is 32.1 Å². The molecule has 2 heterocycles. The highest BCUT2D eigenvalue weighted by molar-refractivity contribution is 5.55. The second kappa shape index (κ2) is 4.47. The first-order valence-electron chi connectivity index (χ1n) is 6.56. The second-order valence-electron chi connectivity index (χ2n) is 5.09. The Morgan fingerprint density at radius 3 is 2.82 bits per heavy atom. The standard InChI is InChI=1S/C14H18N2O/c17-10-11-6-8-16(9-7-11)14-5-4-12-2-1-3-13(12)15-14/h4-5,10-11H,1-3,6-9H2. The van der Waals surface area contributed by atoms with Gasteiger partial charge in [-0.25, -0.2) is 4.98 Å². The molecule has 0 aromatic carbocycles. The molecule has 1 aliphatic heterocycles. The molecular weight excluding hydrogens is 212 g/mol. The van der Waals surface area contributed by atoms with Crippen molar-refractivity contribution in [3.63, 3.8) is 0 Å². The molecule has 1 aliphatic carbocycles. The van der Waals surface area contributed by atoms with Gasteiger partial charge in [0.2, 0.25) is 0 Å². The normalized spacial score (nSPS) is 20.4. The molecule has 17 heavy (non-hydrogen) atoms.